The van der Waals surface area contributed by atoms with Gasteiger partial charge in [-0.1, -0.05) is 51.1 Å². The first-order valence-electron chi connectivity index (χ1n) is 11.1. The molecule has 0 saturated carbocycles. The summed E-state index contributed by atoms with van der Waals surface area (Å²) in [4.78, 5) is 27.8. The molecule has 6 heteroatoms. The van der Waals surface area contributed by atoms with E-state index in [2.05, 4.69) is 19.2 Å². The van der Waals surface area contributed by atoms with Crippen LogP contribution in [0, 0.1) is 5.82 Å². The van der Waals surface area contributed by atoms with Crippen LogP contribution >= 0.6 is 0 Å². The van der Waals surface area contributed by atoms with E-state index in [0.29, 0.717) is 12.2 Å². The van der Waals surface area contributed by atoms with E-state index in [1.807, 2.05) is 52.0 Å². The largest absolute Gasteiger partial charge is 0.483 e. The molecule has 0 heterocycles. The second kappa shape index (κ2) is 11.1. The van der Waals surface area contributed by atoms with E-state index >= 15 is 0 Å². The average Bonchev–Trinajstić information content (AvgIpc) is 2.72. The van der Waals surface area contributed by atoms with Crippen LogP contribution < -0.4 is 10.1 Å². The summed E-state index contributed by atoms with van der Waals surface area (Å²) < 4.78 is 19.3. The van der Waals surface area contributed by atoms with Crippen LogP contribution in [0.1, 0.15) is 65.0 Å². The maximum atomic E-state index is 13.4. The summed E-state index contributed by atoms with van der Waals surface area (Å²) in [5.74, 6) is 0.0296. The summed E-state index contributed by atoms with van der Waals surface area (Å²) >= 11 is 0. The van der Waals surface area contributed by atoms with Crippen LogP contribution in [0.4, 0.5) is 4.39 Å². The molecule has 2 amide bonds. The van der Waals surface area contributed by atoms with E-state index < -0.39 is 11.6 Å². The molecule has 0 saturated heterocycles. The maximum Gasteiger partial charge on any atom is 0.261 e. The number of amides is 2. The Morgan fingerprint density at radius 1 is 1.06 bits per heavy atom. The van der Waals surface area contributed by atoms with E-state index in [4.69, 9.17) is 4.74 Å². The molecule has 0 aliphatic heterocycles. The fraction of sp³-hybridized carbons (Fsp3) is 0.462. The molecule has 1 N–H and O–H groups in total. The molecule has 32 heavy (non-hydrogen) atoms. The number of nitrogens with one attached hydrogen (secondary N) is 1. The third-order valence-electron chi connectivity index (χ3n) is 5.04. The van der Waals surface area contributed by atoms with Crippen LogP contribution in [-0.2, 0) is 16.1 Å². The Bertz CT molecular complexity index is 904. The molecule has 2 rings (SSSR count). The summed E-state index contributed by atoms with van der Waals surface area (Å²) in [6.07, 6.45) is 0.442. The van der Waals surface area contributed by atoms with Gasteiger partial charge in [-0.2, -0.15) is 0 Å². The molecule has 0 unspecified atom stereocenters. The minimum Gasteiger partial charge on any atom is -0.483 e. The standard InChI is InChI=1S/C26H35FN2O3/c1-7-22(25(31)28-26(4,5)6)29(16-19-12-14-20(27)15-13-19)24(30)17-32-23-11-9-8-10-21(23)18(2)3/h8-15,18,22H,7,16-17H2,1-6H3,(H,28,31)/t22-/m0/s1. The van der Waals surface area contributed by atoms with Crippen LogP contribution in [0.5, 0.6) is 5.75 Å². The smallest absolute Gasteiger partial charge is 0.261 e. The minimum absolute atomic E-state index is 0.185. The van der Waals surface area contributed by atoms with Crippen molar-refractivity contribution in [2.24, 2.45) is 0 Å². The molecule has 5 nitrogen and oxygen atoms in total. The van der Waals surface area contributed by atoms with Gasteiger partial charge in [-0.05, 0) is 62.4 Å². The number of rotatable bonds is 9. The predicted octanol–water partition coefficient (Wildman–Crippen LogP) is 5.05. The number of nitrogens with zero attached hydrogens (tertiary/aromatic N) is 1. The fourth-order valence-electron chi connectivity index (χ4n) is 3.47. The number of ether oxygens (including phenoxy) is 1. The van der Waals surface area contributed by atoms with Crippen molar-refractivity contribution in [3.05, 3.63) is 65.5 Å². The molecule has 0 aliphatic carbocycles. The first-order valence-corrected chi connectivity index (χ1v) is 11.1. The van der Waals surface area contributed by atoms with Gasteiger partial charge in [0.1, 0.15) is 17.6 Å². The van der Waals surface area contributed by atoms with Crippen LogP contribution in [0.25, 0.3) is 0 Å². The summed E-state index contributed by atoms with van der Waals surface area (Å²) in [6, 6.07) is 12.9. The van der Waals surface area contributed by atoms with Gasteiger partial charge in [0, 0.05) is 12.1 Å². The number of carbonyl (C=O) groups excluding carboxylic acids is 2. The van der Waals surface area contributed by atoms with E-state index in [9.17, 15) is 14.0 Å². The van der Waals surface area contributed by atoms with E-state index in [0.717, 1.165) is 11.1 Å². The number of carbonyl (C=O) groups is 2. The van der Waals surface area contributed by atoms with Gasteiger partial charge in [0.2, 0.25) is 5.91 Å². The highest BCUT2D eigenvalue weighted by Crippen LogP contribution is 2.26. The first-order chi connectivity index (χ1) is 15.0. The second-order valence-corrected chi connectivity index (χ2v) is 9.29. The van der Waals surface area contributed by atoms with Gasteiger partial charge in [-0.3, -0.25) is 9.59 Å². The monoisotopic (exact) mass is 442 g/mol. The second-order valence-electron chi connectivity index (χ2n) is 9.29. The molecule has 0 bridgehead atoms. The number of benzene rings is 2. The van der Waals surface area contributed by atoms with E-state index in [1.165, 1.54) is 17.0 Å². The van der Waals surface area contributed by atoms with Crippen molar-refractivity contribution in [2.45, 2.75) is 72.0 Å². The third-order valence-corrected chi connectivity index (χ3v) is 5.04. The topological polar surface area (TPSA) is 58.6 Å². The molecule has 0 radical (unpaired) electrons. The highest BCUT2D eigenvalue weighted by atomic mass is 19.1. The number of halogens is 1. The Kier molecular flexibility index (Phi) is 8.81. The van der Waals surface area contributed by atoms with Gasteiger partial charge < -0.3 is 15.0 Å². The quantitative estimate of drug-likeness (QED) is 0.591. The zero-order valence-corrected chi connectivity index (χ0v) is 19.9. The van der Waals surface area contributed by atoms with Crippen molar-refractivity contribution in [1.29, 1.82) is 0 Å². The van der Waals surface area contributed by atoms with Gasteiger partial charge in [-0.15, -0.1) is 0 Å². The van der Waals surface area contributed by atoms with Gasteiger partial charge in [0.05, 0.1) is 0 Å². The Balaban J connectivity index is 2.27. The average molecular weight is 443 g/mol. The van der Waals surface area contributed by atoms with Crippen LogP contribution in [0.3, 0.4) is 0 Å². The molecule has 2 aromatic carbocycles. The van der Waals surface area contributed by atoms with Crippen molar-refractivity contribution < 1.29 is 18.7 Å². The molecular formula is C26H35FN2O3. The highest BCUT2D eigenvalue weighted by Gasteiger charge is 2.31. The van der Waals surface area contributed by atoms with Gasteiger partial charge in [0.25, 0.3) is 5.91 Å². The minimum atomic E-state index is -0.671. The lowest BCUT2D eigenvalue weighted by molar-refractivity contribution is -0.143. The Labute approximate surface area is 191 Å². The fourth-order valence-corrected chi connectivity index (χ4v) is 3.47. The number of para-hydroxylation sites is 1. The third kappa shape index (κ3) is 7.36. The van der Waals surface area contributed by atoms with Crippen molar-refractivity contribution in [1.82, 2.24) is 10.2 Å². The lowest BCUT2D eigenvalue weighted by Gasteiger charge is -2.33. The van der Waals surface area contributed by atoms with E-state index in [-0.39, 0.29) is 36.7 Å². The van der Waals surface area contributed by atoms with Gasteiger partial charge in [-0.25, -0.2) is 4.39 Å². The SMILES string of the molecule is CC[C@@H](C(=O)NC(C)(C)C)N(Cc1ccc(F)cc1)C(=O)COc1ccccc1C(C)C. The summed E-state index contributed by atoms with van der Waals surface area (Å²) in [7, 11) is 0. The van der Waals surface area contributed by atoms with Crippen molar-refractivity contribution in [3.8, 4) is 5.75 Å². The van der Waals surface area contributed by atoms with Crippen molar-refractivity contribution in [3.63, 3.8) is 0 Å². The van der Waals surface area contributed by atoms with Crippen molar-refractivity contribution in [2.75, 3.05) is 6.61 Å². The Hall–Kier alpha value is -2.89. The predicted molar refractivity (Wildman–Crippen MR) is 125 cm³/mol. The zero-order valence-electron chi connectivity index (χ0n) is 19.9. The summed E-state index contributed by atoms with van der Waals surface area (Å²) in [5, 5.41) is 2.96. The first kappa shape index (κ1) is 25.4. The highest BCUT2D eigenvalue weighted by molar-refractivity contribution is 5.88. The van der Waals surface area contributed by atoms with Crippen LogP contribution in [0.2, 0.25) is 0 Å². The van der Waals surface area contributed by atoms with Gasteiger partial charge >= 0.3 is 0 Å². The van der Waals surface area contributed by atoms with Crippen LogP contribution in [-0.4, -0.2) is 34.9 Å². The summed E-state index contributed by atoms with van der Waals surface area (Å²) in [5.41, 5.74) is 1.33. The van der Waals surface area contributed by atoms with Gasteiger partial charge in [0.15, 0.2) is 6.61 Å². The molecule has 174 valence electrons. The van der Waals surface area contributed by atoms with Crippen LogP contribution in [0.15, 0.2) is 48.5 Å². The van der Waals surface area contributed by atoms with Crippen molar-refractivity contribution >= 4 is 11.8 Å². The molecule has 0 aromatic heterocycles. The molecule has 0 fully saturated rings. The zero-order chi connectivity index (χ0) is 23.9. The molecule has 2 aromatic rings. The number of hydrogen-bond donors (Lipinski definition) is 1. The lowest BCUT2D eigenvalue weighted by atomic mass is 10.0. The Morgan fingerprint density at radius 3 is 2.25 bits per heavy atom. The molecule has 1 atom stereocenters. The normalized spacial score (nSPS) is 12.4. The maximum absolute atomic E-state index is 13.4. The molecule has 0 spiro atoms. The summed E-state index contributed by atoms with van der Waals surface area (Å²) in [6.45, 7) is 11.7. The number of hydrogen-bond acceptors (Lipinski definition) is 3. The lowest BCUT2D eigenvalue weighted by Crippen LogP contribution is -2.54. The molecular weight excluding hydrogens is 407 g/mol. The Morgan fingerprint density at radius 2 is 1.69 bits per heavy atom. The van der Waals surface area contributed by atoms with E-state index in [1.54, 1.807) is 12.1 Å². The molecule has 0 aliphatic rings.